The highest BCUT2D eigenvalue weighted by Gasteiger charge is 2.59. The number of aliphatic hydroxyl groups is 4. The van der Waals surface area contributed by atoms with Crippen molar-refractivity contribution in [2.24, 2.45) is 0 Å². The number of ether oxygens (including phenoxy) is 2. The maximum Gasteiger partial charge on any atom is 0.225 e. The van der Waals surface area contributed by atoms with Crippen molar-refractivity contribution in [2.45, 2.75) is 62.8 Å². The third kappa shape index (κ3) is 3.24. The Bertz CT molecular complexity index is 781. The molecule has 1 fully saturated rings. The van der Waals surface area contributed by atoms with Gasteiger partial charge >= 0.3 is 0 Å². The van der Waals surface area contributed by atoms with Crippen molar-refractivity contribution in [1.29, 1.82) is 0 Å². The fraction of sp³-hybridized carbons (Fsp3) is 0.545. The van der Waals surface area contributed by atoms with E-state index in [1.807, 2.05) is 6.08 Å². The lowest BCUT2D eigenvalue weighted by Crippen LogP contribution is -2.65. The van der Waals surface area contributed by atoms with Crippen molar-refractivity contribution < 1.29 is 29.9 Å². The van der Waals surface area contributed by atoms with E-state index in [1.165, 1.54) is 16.7 Å². The highest BCUT2D eigenvalue weighted by atomic mass is 16.7. The first-order chi connectivity index (χ1) is 13.5. The zero-order valence-corrected chi connectivity index (χ0v) is 16.0. The number of allylic oxidation sites excluding steroid dienone is 1. The van der Waals surface area contributed by atoms with Gasteiger partial charge in [0, 0.05) is 5.57 Å². The van der Waals surface area contributed by atoms with E-state index in [4.69, 9.17) is 9.47 Å². The summed E-state index contributed by atoms with van der Waals surface area (Å²) in [5, 5.41) is 40.6. The van der Waals surface area contributed by atoms with E-state index in [0.717, 1.165) is 36.8 Å². The second-order valence-electron chi connectivity index (χ2n) is 7.89. The zero-order valence-electron chi connectivity index (χ0n) is 16.0. The summed E-state index contributed by atoms with van der Waals surface area (Å²) in [4.78, 5) is 0. The van der Waals surface area contributed by atoms with Crippen LogP contribution >= 0.6 is 0 Å². The van der Waals surface area contributed by atoms with Crippen LogP contribution in [0.15, 0.2) is 47.1 Å². The molecule has 6 nitrogen and oxygen atoms in total. The SMILES string of the molecule is CCc1ccc(CC2=CC3=C(CC2)CO[C@@]32OC(CO)[C@@H](O)C(O)C2O)cc1. The van der Waals surface area contributed by atoms with E-state index < -0.39 is 36.8 Å². The summed E-state index contributed by atoms with van der Waals surface area (Å²) in [7, 11) is 0. The predicted octanol–water partition coefficient (Wildman–Crippen LogP) is 1.01. The minimum atomic E-state index is -1.54. The number of rotatable bonds is 4. The molecule has 28 heavy (non-hydrogen) atoms. The Morgan fingerprint density at radius 1 is 1.04 bits per heavy atom. The molecule has 2 heterocycles. The van der Waals surface area contributed by atoms with Gasteiger partial charge in [0.25, 0.3) is 0 Å². The van der Waals surface area contributed by atoms with Gasteiger partial charge in [-0.05, 0) is 42.4 Å². The van der Waals surface area contributed by atoms with Gasteiger partial charge in [0.05, 0.1) is 13.2 Å². The number of hydrogen-bond donors (Lipinski definition) is 4. The maximum atomic E-state index is 10.7. The highest BCUT2D eigenvalue weighted by molar-refractivity contribution is 5.45. The first kappa shape index (κ1) is 19.8. The van der Waals surface area contributed by atoms with Crippen molar-refractivity contribution >= 4 is 0 Å². The van der Waals surface area contributed by atoms with E-state index in [2.05, 4.69) is 31.2 Å². The van der Waals surface area contributed by atoms with Crippen LogP contribution in [0.3, 0.4) is 0 Å². The third-order valence-electron chi connectivity index (χ3n) is 6.13. The number of hydrogen-bond acceptors (Lipinski definition) is 6. The molecule has 1 spiro atoms. The molecule has 3 aliphatic rings. The van der Waals surface area contributed by atoms with E-state index in [0.29, 0.717) is 6.61 Å². The van der Waals surface area contributed by atoms with Gasteiger partial charge in [-0.1, -0.05) is 42.8 Å². The molecule has 4 rings (SSSR count). The van der Waals surface area contributed by atoms with Crippen molar-refractivity contribution in [1.82, 2.24) is 0 Å². The molecule has 3 unspecified atom stereocenters. The standard InChI is InChI=1S/C22H28O6/c1-2-13-3-5-14(6-4-13)9-15-7-8-16-12-27-22(17(16)10-15)21(26)20(25)19(24)18(11-23)28-22/h3-6,10,18-21,23-26H,2,7-9,11-12H2,1H3/t18?,19-,20?,21?,22-/m1/s1. The maximum absolute atomic E-state index is 10.7. The lowest BCUT2D eigenvalue weighted by Gasteiger charge is -2.47. The van der Waals surface area contributed by atoms with Crippen LogP contribution in [-0.4, -0.2) is 63.8 Å². The Labute approximate surface area is 164 Å². The Morgan fingerprint density at radius 3 is 2.43 bits per heavy atom. The van der Waals surface area contributed by atoms with E-state index in [1.54, 1.807) is 0 Å². The molecular formula is C22H28O6. The molecule has 0 bridgehead atoms. The van der Waals surface area contributed by atoms with Crippen LogP contribution in [0.1, 0.15) is 30.9 Å². The van der Waals surface area contributed by atoms with Crippen LogP contribution in [0.4, 0.5) is 0 Å². The average molecular weight is 388 g/mol. The summed E-state index contributed by atoms with van der Waals surface area (Å²) in [6.45, 7) is 1.97. The second kappa shape index (κ2) is 7.71. The molecule has 0 aromatic heterocycles. The number of aliphatic hydroxyl groups excluding tert-OH is 4. The van der Waals surface area contributed by atoms with Crippen LogP contribution in [0.2, 0.25) is 0 Å². The molecule has 1 aromatic rings. The first-order valence-electron chi connectivity index (χ1n) is 9.95. The lowest BCUT2D eigenvalue weighted by molar-refractivity contribution is -0.337. The molecule has 1 aliphatic carbocycles. The Morgan fingerprint density at radius 2 is 1.75 bits per heavy atom. The highest BCUT2D eigenvalue weighted by Crippen LogP contribution is 2.46. The van der Waals surface area contributed by atoms with Crippen LogP contribution in [0, 0.1) is 0 Å². The molecule has 1 saturated heterocycles. The molecule has 6 heteroatoms. The minimum Gasteiger partial charge on any atom is -0.394 e. The summed E-state index contributed by atoms with van der Waals surface area (Å²) in [6.07, 6.45) is 0.217. The number of fused-ring (bicyclic) bond motifs is 1. The van der Waals surface area contributed by atoms with Crippen molar-refractivity contribution in [3.63, 3.8) is 0 Å². The Balaban J connectivity index is 1.61. The van der Waals surface area contributed by atoms with Gasteiger partial charge in [-0.25, -0.2) is 0 Å². The second-order valence-corrected chi connectivity index (χ2v) is 7.89. The molecule has 152 valence electrons. The fourth-order valence-corrected chi connectivity index (χ4v) is 4.37. The molecule has 2 aliphatic heterocycles. The van der Waals surface area contributed by atoms with Crippen LogP contribution in [0.25, 0.3) is 0 Å². The van der Waals surface area contributed by atoms with Crippen molar-refractivity contribution in [3.8, 4) is 0 Å². The number of benzene rings is 1. The summed E-state index contributed by atoms with van der Waals surface area (Å²) in [5.74, 6) is -1.54. The molecular weight excluding hydrogens is 360 g/mol. The van der Waals surface area contributed by atoms with E-state index >= 15 is 0 Å². The predicted molar refractivity (Wildman–Crippen MR) is 103 cm³/mol. The Hall–Kier alpha value is -1.54. The average Bonchev–Trinajstić information content (AvgIpc) is 3.08. The molecule has 0 amide bonds. The van der Waals surface area contributed by atoms with Crippen LogP contribution in [0.5, 0.6) is 0 Å². The molecule has 4 N–H and O–H groups in total. The van der Waals surface area contributed by atoms with Gasteiger partial charge in [0.2, 0.25) is 5.79 Å². The quantitative estimate of drug-likeness (QED) is 0.614. The van der Waals surface area contributed by atoms with Gasteiger partial charge in [-0.3, -0.25) is 0 Å². The summed E-state index contributed by atoms with van der Waals surface area (Å²) >= 11 is 0. The van der Waals surface area contributed by atoms with E-state index in [9.17, 15) is 20.4 Å². The van der Waals surface area contributed by atoms with Crippen LogP contribution < -0.4 is 0 Å². The van der Waals surface area contributed by atoms with Gasteiger partial charge in [-0.15, -0.1) is 0 Å². The smallest absolute Gasteiger partial charge is 0.225 e. The van der Waals surface area contributed by atoms with Gasteiger partial charge in [0.15, 0.2) is 0 Å². The minimum absolute atomic E-state index is 0.308. The largest absolute Gasteiger partial charge is 0.394 e. The van der Waals surface area contributed by atoms with Gasteiger partial charge in [-0.2, -0.15) is 0 Å². The first-order valence-corrected chi connectivity index (χ1v) is 9.95. The van der Waals surface area contributed by atoms with Crippen molar-refractivity contribution in [3.05, 3.63) is 58.2 Å². The third-order valence-corrected chi connectivity index (χ3v) is 6.13. The number of aryl methyl sites for hydroxylation is 1. The Kier molecular flexibility index (Phi) is 5.44. The normalized spacial score (nSPS) is 35.2. The summed E-state index contributed by atoms with van der Waals surface area (Å²) in [6, 6.07) is 8.55. The monoisotopic (exact) mass is 388 g/mol. The van der Waals surface area contributed by atoms with Gasteiger partial charge in [0.1, 0.15) is 24.4 Å². The summed E-state index contributed by atoms with van der Waals surface area (Å²) in [5.41, 5.74) is 5.47. The molecule has 1 aromatic carbocycles. The summed E-state index contributed by atoms with van der Waals surface area (Å²) < 4.78 is 11.7. The van der Waals surface area contributed by atoms with Gasteiger partial charge < -0.3 is 29.9 Å². The van der Waals surface area contributed by atoms with E-state index in [-0.39, 0.29) is 0 Å². The molecule has 0 radical (unpaired) electrons. The fourth-order valence-electron chi connectivity index (χ4n) is 4.37. The van der Waals surface area contributed by atoms with Crippen molar-refractivity contribution in [2.75, 3.05) is 13.2 Å². The molecule has 5 atom stereocenters. The topological polar surface area (TPSA) is 99.4 Å². The molecule has 0 saturated carbocycles. The van der Waals surface area contributed by atoms with Crippen LogP contribution in [-0.2, 0) is 22.3 Å². The zero-order chi connectivity index (χ0) is 19.9. The lowest BCUT2D eigenvalue weighted by atomic mass is 9.82.